The van der Waals surface area contributed by atoms with E-state index in [9.17, 15) is 9.18 Å². The van der Waals surface area contributed by atoms with Gasteiger partial charge >= 0.3 is 5.97 Å². The summed E-state index contributed by atoms with van der Waals surface area (Å²) in [6.07, 6.45) is 2.78. The summed E-state index contributed by atoms with van der Waals surface area (Å²) < 4.78 is 17.9. The molecule has 1 heterocycles. The van der Waals surface area contributed by atoms with E-state index in [1.54, 1.807) is 18.3 Å². The largest absolute Gasteiger partial charge is 0.465 e. The molecule has 1 atom stereocenters. The predicted octanol–water partition coefficient (Wildman–Crippen LogP) is 3.49. The zero-order valence-electron chi connectivity index (χ0n) is 12.2. The number of carbonyl (C=O) groups excluding carboxylic acids is 1. The number of hydrogen-bond donors (Lipinski definition) is 1. The Balaban J connectivity index is 2.24. The predicted molar refractivity (Wildman–Crippen MR) is 78.8 cm³/mol. The Morgan fingerprint density at radius 1 is 1.33 bits per heavy atom. The maximum atomic E-state index is 13.2. The molecule has 0 saturated heterocycles. The summed E-state index contributed by atoms with van der Waals surface area (Å²) >= 11 is 0. The van der Waals surface area contributed by atoms with E-state index in [-0.39, 0.29) is 11.9 Å². The molecule has 0 saturated carbocycles. The molecular formula is C16H17FN2O2. The van der Waals surface area contributed by atoms with E-state index in [0.29, 0.717) is 5.56 Å². The average molecular weight is 288 g/mol. The van der Waals surface area contributed by atoms with Crippen LogP contribution in [0.5, 0.6) is 0 Å². The molecule has 2 aromatic rings. The molecule has 1 aromatic heterocycles. The number of nitrogens with one attached hydrogen (secondary N) is 1. The highest BCUT2D eigenvalue weighted by atomic mass is 19.1. The van der Waals surface area contributed by atoms with Gasteiger partial charge in [0.1, 0.15) is 5.82 Å². The number of aromatic nitrogens is 1. The first-order valence-electron chi connectivity index (χ1n) is 6.57. The lowest BCUT2D eigenvalue weighted by molar-refractivity contribution is 0.0601. The Kier molecular flexibility index (Phi) is 4.52. The van der Waals surface area contributed by atoms with Crippen molar-refractivity contribution in [1.82, 2.24) is 4.98 Å². The third-order valence-corrected chi connectivity index (χ3v) is 3.26. The van der Waals surface area contributed by atoms with Gasteiger partial charge in [0, 0.05) is 11.9 Å². The van der Waals surface area contributed by atoms with Crippen molar-refractivity contribution in [3.63, 3.8) is 0 Å². The molecule has 110 valence electrons. The van der Waals surface area contributed by atoms with Crippen molar-refractivity contribution in [3.8, 4) is 0 Å². The minimum Gasteiger partial charge on any atom is -0.465 e. The number of ether oxygens (including phenoxy) is 1. The van der Waals surface area contributed by atoms with Gasteiger partial charge in [0.05, 0.1) is 24.9 Å². The van der Waals surface area contributed by atoms with E-state index in [4.69, 9.17) is 4.74 Å². The van der Waals surface area contributed by atoms with Crippen molar-refractivity contribution >= 4 is 11.7 Å². The van der Waals surface area contributed by atoms with Gasteiger partial charge in [0.2, 0.25) is 0 Å². The van der Waals surface area contributed by atoms with Gasteiger partial charge in [-0.1, -0.05) is 6.07 Å². The van der Waals surface area contributed by atoms with E-state index in [1.807, 2.05) is 19.9 Å². The Morgan fingerprint density at radius 2 is 2.10 bits per heavy atom. The first kappa shape index (κ1) is 15.0. The molecule has 1 unspecified atom stereocenters. The number of aryl methyl sites for hydroxylation is 1. The van der Waals surface area contributed by atoms with E-state index in [0.717, 1.165) is 16.8 Å². The minimum atomic E-state index is -0.391. The zero-order valence-corrected chi connectivity index (χ0v) is 12.2. The summed E-state index contributed by atoms with van der Waals surface area (Å²) in [5.41, 5.74) is 2.99. The molecule has 0 fully saturated rings. The smallest absolute Gasteiger partial charge is 0.337 e. The molecule has 2 rings (SSSR count). The molecule has 0 aliphatic heterocycles. The number of halogens is 1. The fourth-order valence-corrected chi connectivity index (χ4v) is 2.00. The van der Waals surface area contributed by atoms with Gasteiger partial charge in [0.15, 0.2) is 0 Å². The number of esters is 1. The van der Waals surface area contributed by atoms with Crippen molar-refractivity contribution < 1.29 is 13.9 Å². The number of anilines is 1. The average Bonchev–Trinajstić information content (AvgIpc) is 2.48. The van der Waals surface area contributed by atoms with Gasteiger partial charge in [-0.15, -0.1) is 0 Å². The molecule has 0 radical (unpaired) electrons. The lowest BCUT2D eigenvalue weighted by atomic mass is 10.1. The standard InChI is InChI=1S/C16H17FN2O2/c1-10-4-5-12(16(20)21-3)7-15(10)19-11(2)13-6-14(17)9-18-8-13/h4-9,11,19H,1-3H3. The van der Waals surface area contributed by atoms with E-state index in [2.05, 4.69) is 10.3 Å². The third-order valence-electron chi connectivity index (χ3n) is 3.26. The second-order valence-electron chi connectivity index (χ2n) is 4.82. The van der Waals surface area contributed by atoms with Crippen molar-refractivity contribution in [2.75, 3.05) is 12.4 Å². The summed E-state index contributed by atoms with van der Waals surface area (Å²) in [5, 5.41) is 3.26. The SMILES string of the molecule is COC(=O)c1ccc(C)c(NC(C)c2cncc(F)c2)c1. The van der Waals surface area contributed by atoms with Crippen LogP contribution in [0.1, 0.15) is 34.5 Å². The van der Waals surface area contributed by atoms with Gasteiger partial charge in [-0.25, -0.2) is 9.18 Å². The van der Waals surface area contributed by atoms with Crippen LogP contribution in [0.4, 0.5) is 10.1 Å². The van der Waals surface area contributed by atoms with Gasteiger partial charge in [-0.05, 0) is 43.2 Å². The summed E-state index contributed by atoms with van der Waals surface area (Å²) in [5.74, 6) is -0.765. The summed E-state index contributed by atoms with van der Waals surface area (Å²) in [4.78, 5) is 15.4. The van der Waals surface area contributed by atoms with Crippen LogP contribution in [0.2, 0.25) is 0 Å². The maximum Gasteiger partial charge on any atom is 0.337 e. The highest BCUT2D eigenvalue weighted by Gasteiger charge is 2.11. The summed E-state index contributed by atoms with van der Waals surface area (Å²) in [6.45, 7) is 3.83. The summed E-state index contributed by atoms with van der Waals surface area (Å²) in [6, 6.07) is 6.57. The third kappa shape index (κ3) is 3.56. The number of methoxy groups -OCH3 is 1. The number of hydrogen-bond acceptors (Lipinski definition) is 4. The Bertz CT molecular complexity index is 658. The molecule has 0 spiro atoms. The highest BCUT2D eigenvalue weighted by molar-refractivity contribution is 5.90. The van der Waals surface area contributed by atoms with Crippen molar-refractivity contribution in [2.24, 2.45) is 0 Å². The fraction of sp³-hybridized carbons (Fsp3) is 0.250. The molecule has 4 nitrogen and oxygen atoms in total. The lowest BCUT2D eigenvalue weighted by Crippen LogP contribution is -2.10. The molecule has 1 N–H and O–H groups in total. The molecular weight excluding hydrogens is 271 g/mol. The minimum absolute atomic E-state index is 0.139. The van der Waals surface area contributed by atoms with Crippen molar-refractivity contribution in [3.05, 3.63) is 59.2 Å². The lowest BCUT2D eigenvalue weighted by Gasteiger charge is -2.18. The normalized spacial score (nSPS) is 11.8. The van der Waals surface area contributed by atoms with Crippen LogP contribution in [0.15, 0.2) is 36.7 Å². The maximum absolute atomic E-state index is 13.2. The molecule has 0 amide bonds. The monoisotopic (exact) mass is 288 g/mol. The quantitative estimate of drug-likeness (QED) is 0.875. The van der Waals surface area contributed by atoms with E-state index in [1.165, 1.54) is 19.4 Å². The molecule has 5 heteroatoms. The second kappa shape index (κ2) is 6.35. The van der Waals surface area contributed by atoms with Crippen molar-refractivity contribution in [1.29, 1.82) is 0 Å². The number of benzene rings is 1. The van der Waals surface area contributed by atoms with Crippen LogP contribution in [0.25, 0.3) is 0 Å². The van der Waals surface area contributed by atoms with E-state index < -0.39 is 5.97 Å². The highest BCUT2D eigenvalue weighted by Crippen LogP contribution is 2.23. The number of nitrogens with zero attached hydrogens (tertiary/aromatic N) is 1. The Morgan fingerprint density at radius 3 is 2.76 bits per heavy atom. The Labute approximate surface area is 123 Å². The Hall–Kier alpha value is -2.43. The van der Waals surface area contributed by atoms with Crippen LogP contribution < -0.4 is 5.32 Å². The van der Waals surface area contributed by atoms with Gasteiger partial charge < -0.3 is 10.1 Å². The molecule has 0 aliphatic rings. The zero-order chi connectivity index (χ0) is 15.4. The summed E-state index contributed by atoms with van der Waals surface area (Å²) in [7, 11) is 1.34. The van der Waals surface area contributed by atoms with Crippen LogP contribution in [0, 0.1) is 12.7 Å². The van der Waals surface area contributed by atoms with Crippen LogP contribution >= 0.6 is 0 Å². The first-order valence-corrected chi connectivity index (χ1v) is 6.57. The number of carbonyl (C=O) groups is 1. The van der Waals surface area contributed by atoms with Crippen LogP contribution in [-0.2, 0) is 4.74 Å². The second-order valence-corrected chi connectivity index (χ2v) is 4.82. The number of rotatable bonds is 4. The molecule has 0 aliphatic carbocycles. The number of pyridine rings is 1. The molecule has 21 heavy (non-hydrogen) atoms. The van der Waals surface area contributed by atoms with Gasteiger partial charge in [-0.3, -0.25) is 4.98 Å². The van der Waals surface area contributed by atoms with Crippen molar-refractivity contribution in [2.45, 2.75) is 19.9 Å². The van der Waals surface area contributed by atoms with E-state index >= 15 is 0 Å². The van der Waals surface area contributed by atoms with Gasteiger partial charge in [-0.2, -0.15) is 0 Å². The fourth-order valence-electron chi connectivity index (χ4n) is 2.00. The topological polar surface area (TPSA) is 51.2 Å². The molecule has 0 bridgehead atoms. The van der Waals surface area contributed by atoms with Gasteiger partial charge in [0.25, 0.3) is 0 Å². The van der Waals surface area contributed by atoms with Crippen LogP contribution in [0.3, 0.4) is 0 Å². The molecule has 1 aromatic carbocycles. The van der Waals surface area contributed by atoms with Crippen LogP contribution in [-0.4, -0.2) is 18.1 Å². The first-order chi connectivity index (χ1) is 10.0.